The monoisotopic (exact) mass is 183 g/mol. The molecule has 0 aliphatic heterocycles. The standard InChI is InChI=1S/C10H21N3/c1-5-10(12-7-9(3)4)13-8-11-6-2/h9-10,12H,5-7H2,1-4H3. The molecule has 0 aromatic rings. The van der Waals surface area contributed by atoms with E-state index >= 15 is 0 Å². The molecule has 0 aromatic carbocycles. The van der Waals surface area contributed by atoms with E-state index < -0.39 is 0 Å². The highest BCUT2D eigenvalue weighted by atomic mass is 15.1. The molecule has 0 radical (unpaired) electrons. The Morgan fingerprint density at radius 2 is 2.00 bits per heavy atom. The highest BCUT2D eigenvalue weighted by Crippen LogP contribution is 1.94. The summed E-state index contributed by atoms with van der Waals surface area (Å²) in [7, 11) is 0. The molecular formula is C10H21N3. The Morgan fingerprint density at radius 1 is 1.31 bits per heavy atom. The van der Waals surface area contributed by atoms with Crippen LogP contribution >= 0.6 is 0 Å². The number of hydrogen-bond donors (Lipinski definition) is 1. The Hall–Kier alpha value is -0.660. The molecule has 0 spiro atoms. The average molecular weight is 183 g/mol. The lowest BCUT2D eigenvalue weighted by molar-refractivity contribution is 0.465. The summed E-state index contributed by atoms with van der Waals surface area (Å²) < 4.78 is 0. The van der Waals surface area contributed by atoms with Crippen LogP contribution in [0.1, 0.15) is 34.1 Å². The van der Waals surface area contributed by atoms with Crippen LogP contribution in [-0.4, -0.2) is 25.3 Å². The quantitative estimate of drug-likeness (QED) is 0.629. The molecule has 0 bridgehead atoms. The van der Waals surface area contributed by atoms with Gasteiger partial charge >= 0.3 is 0 Å². The highest BCUT2D eigenvalue weighted by Gasteiger charge is 2.01. The van der Waals surface area contributed by atoms with Crippen LogP contribution in [0.25, 0.3) is 0 Å². The summed E-state index contributed by atoms with van der Waals surface area (Å²) in [6, 6.07) is 2.70. The molecule has 76 valence electrons. The van der Waals surface area contributed by atoms with Crippen molar-refractivity contribution in [3.8, 4) is 0 Å². The molecule has 0 amide bonds. The van der Waals surface area contributed by atoms with Gasteiger partial charge in [-0.15, -0.1) is 0 Å². The molecule has 0 saturated carbocycles. The molecule has 0 rings (SSSR count). The Balaban J connectivity index is 3.82. The number of hydrogen-bond acceptors (Lipinski definition) is 3. The van der Waals surface area contributed by atoms with Crippen molar-refractivity contribution in [3.05, 3.63) is 0 Å². The van der Waals surface area contributed by atoms with Crippen LogP contribution < -0.4 is 5.32 Å². The Bertz CT molecular complexity index is 169. The van der Waals surface area contributed by atoms with Crippen molar-refractivity contribution in [3.63, 3.8) is 0 Å². The van der Waals surface area contributed by atoms with Crippen LogP contribution in [0.4, 0.5) is 0 Å². The molecule has 0 fully saturated rings. The van der Waals surface area contributed by atoms with Crippen LogP contribution in [0, 0.1) is 5.92 Å². The largest absolute Gasteiger partial charge is 0.295 e. The van der Waals surface area contributed by atoms with Crippen LogP contribution in [0.2, 0.25) is 0 Å². The maximum atomic E-state index is 4.18. The van der Waals surface area contributed by atoms with Crippen molar-refractivity contribution in [1.82, 2.24) is 5.32 Å². The second-order valence-corrected chi connectivity index (χ2v) is 3.43. The second-order valence-electron chi connectivity index (χ2n) is 3.43. The summed E-state index contributed by atoms with van der Waals surface area (Å²) in [6.07, 6.45) is 1.16. The van der Waals surface area contributed by atoms with Crippen LogP contribution in [0.15, 0.2) is 9.98 Å². The van der Waals surface area contributed by atoms with Crippen LogP contribution in [0.5, 0.6) is 0 Å². The average Bonchev–Trinajstić information content (AvgIpc) is 2.10. The maximum absolute atomic E-state index is 4.18. The van der Waals surface area contributed by atoms with Crippen LogP contribution in [-0.2, 0) is 0 Å². The van der Waals surface area contributed by atoms with E-state index in [1.807, 2.05) is 6.92 Å². The second kappa shape index (κ2) is 7.96. The molecule has 3 heteroatoms. The molecule has 1 N–H and O–H groups in total. The van der Waals surface area contributed by atoms with Crippen molar-refractivity contribution < 1.29 is 0 Å². The van der Waals surface area contributed by atoms with Gasteiger partial charge in [-0.3, -0.25) is 5.32 Å². The Kier molecular flexibility index (Phi) is 7.56. The van der Waals surface area contributed by atoms with E-state index in [2.05, 4.69) is 42.1 Å². The normalized spacial score (nSPS) is 12.4. The van der Waals surface area contributed by atoms with Crippen molar-refractivity contribution in [2.75, 3.05) is 13.1 Å². The van der Waals surface area contributed by atoms with Gasteiger partial charge in [0, 0.05) is 6.54 Å². The van der Waals surface area contributed by atoms with Crippen LogP contribution in [0.3, 0.4) is 0 Å². The van der Waals surface area contributed by atoms with E-state index in [1.165, 1.54) is 0 Å². The fraction of sp³-hybridized carbons (Fsp3) is 0.900. The molecule has 0 heterocycles. The summed E-state index contributed by atoms with van der Waals surface area (Å²) in [6.45, 7) is 10.2. The first-order valence-electron chi connectivity index (χ1n) is 5.05. The first kappa shape index (κ1) is 12.3. The lowest BCUT2D eigenvalue weighted by atomic mass is 10.2. The number of nitrogens with zero attached hydrogens (tertiary/aromatic N) is 2. The third kappa shape index (κ3) is 7.69. The minimum atomic E-state index is 0.178. The zero-order chi connectivity index (χ0) is 10.1. The summed E-state index contributed by atoms with van der Waals surface area (Å²) in [5, 5.41) is 3.34. The van der Waals surface area contributed by atoms with Crippen molar-refractivity contribution in [1.29, 1.82) is 0 Å². The topological polar surface area (TPSA) is 36.8 Å². The van der Waals surface area contributed by atoms with E-state index in [1.54, 1.807) is 0 Å². The summed E-state index contributed by atoms with van der Waals surface area (Å²) in [5.41, 5.74) is 0. The van der Waals surface area contributed by atoms with E-state index in [9.17, 15) is 0 Å². The first-order chi connectivity index (χ1) is 6.20. The Morgan fingerprint density at radius 3 is 2.46 bits per heavy atom. The summed E-state index contributed by atoms with van der Waals surface area (Å²) in [4.78, 5) is 8.11. The molecule has 0 saturated heterocycles. The number of rotatable bonds is 6. The lowest BCUT2D eigenvalue weighted by Gasteiger charge is -2.12. The molecular weight excluding hydrogens is 162 g/mol. The molecule has 1 atom stereocenters. The zero-order valence-electron chi connectivity index (χ0n) is 9.17. The predicted octanol–water partition coefficient (Wildman–Crippen LogP) is 2.16. The van der Waals surface area contributed by atoms with E-state index in [-0.39, 0.29) is 6.17 Å². The summed E-state index contributed by atoms with van der Waals surface area (Å²) >= 11 is 0. The van der Waals surface area contributed by atoms with Gasteiger partial charge in [0.2, 0.25) is 0 Å². The SMILES string of the molecule is CCN=C=NC(CC)NCC(C)C. The fourth-order valence-corrected chi connectivity index (χ4v) is 0.834. The van der Waals surface area contributed by atoms with E-state index in [4.69, 9.17) is 0 Å². The molecule has 13 heavy (non-hydrogen) atoms. The first-order valence-corrected chi connectivity index (χ1v) is 5.05. The molecule has 0 aliphatic rings. The molecule has 0 aromatic heterocycles. The minimum Gasteiger partial charge on any atom is -0.295 e. The van der Waals surface area contributed by atoms with Gasteiger partial charge in [-0.25, -0.2) is 9.98 Å². The zero-order valence-corrected chi connectivity index (χ0v) is 9.17. The number of aliphatic imine (C=N–C) groups is 2. The van der Waals surface area contributed by atoms with Gasteiger partial charge in [0.1, 0.15) is 6.17 Å². The number of nitrogens with one attached hydrogen (secondary N) is 1. The van der Waals surface area contributed by atoms with Gasteiger partial charge in [0.15, 0.2) is 0 Å². The Labute approximate surface area is 81.4 Å². The fourth-order valence-electron chi connectivity index (χ4n) is 0.834. The van der Waals surface area contributed by atoms with Crippen molar-refractivity contribution >= 4 is 6.01 Å². The molecule has 0 aliphatic carbocycles. The van der Waals surface area contributed by atoms with Crippen molar-refractivity contribution in [2.45, 2.75) is 40.3 Å². The third-order valence-corrected chi connectivity index (χ3v) is 1.59. The van der Waals surface area contributed by atoms with E-state index in [0.717, 1.165) is 19.5 Å². The molecule has 1 unspecified atom stereocenters. The lowest BCUT2D eigenvalue weighted by Crippen LogP contribution is -2.29. The summed E-state index contributed by atoms with van der Waals surface area (Å²) in [5.74, 6) is 0.660. The van der Waals surface area contributed by atoms with E-state index in [0.29, 0.717) is 5.92 Å². The van der Waals surface area contributed by atoms with Gasteiger partial charge in [-0.05, 0) is 25.8 Å². The van der Waals surface area contributed by atoms with Gasteiger partial charge in [-0.1, -0.05) is 20.8 Å². The minimum absolute atomic E-state index is 0.178. The highest BCUT2D eigenvalue weighted by molar-refractivity contribution is 5.41. The predicted molar refractivity (Wildman–Crippen MR) is 57.3 cm³/mol. The van der Waals surface area contributed by atoms with Gasteiger partial charge in [-0.2, -0.15) is 0 Å². The van der Waals surface area contributed by atoms with Crippen molar-refractivity contribution in [2.24, 2.45) is 15.9 Å². The van der Waals surface area contributed by atoms with Gasteiger partial charge in [0.05, 0.1) is 6.01 Å². The smallest absolute Gasteiger partial charge is 0.110 e. The third-order valence-electron chi connectivity index (χ3n) is 1.59. The molecule has 3 nitrogen and oxygen atoms in total. The maximum Gasteiger partial charge on any atom is 0.110 e. The van der Waals surface area contributed by atoms with Gasteiger partial charge in [0.25, 0.3) is 0 Å². The van der Waals surface area contributed by atoms with Gasteiger partial charge < -0.3 is 0 Å².